The van der Waals surface area contributed by atoms with Crippen LogP contribution in [-0.4, -0.2) is 21.4 Å². The van der Waals surface area contributed by atoms with Crippen LogP contribution in [0.2, 0.25) is 0 Å². The number of halogens is 3. The molecule has 1 unspecified atom stereocenters. The summed E-state index contributed by atoms with van der Waals surface area (Å²) in [6.07, 6.45) is 2.35. The third kappa shape index (κ3) is 6.96. The number of Topliss-reactive ketones (excluding diaryl/α,β-unsaturated/α-hetero) is 1. The maximum absolute atomic E-state index is 13.0. The number of aromatic nitrogens is 1. The lowest BCUT2D eigenvalue weighted by atomic mass is 9.97. The predicted molar refractivity (Wildman–Crippen MR) is 147 cm³/mol. The van der Waals surface area contributed by atoms with E-state index in [9.17, 15) is 22.8 Å². The summed E-state index contributed by atoms with van der Waals surface area (Å²) in [7, 11) is 0. The van der Waals surface area contributed by atoms with E-state index >= 15 is 0 Å². The van der Waals surface area contributed by atoms with Crippen molar-refractivity contribution in [3.63, 3.8) is 0 Å². The van der Waals surface area contributed by atoms with Gasteiger partial charge in [-0.3, -0.25) is 9.59 Å². The normalized spacial score (nSPS) is 12.5. The average Bonchev–Trinajstić information content (AvgIpc) is 3.33. The van der Waals surface area contributed by atoms with Gasteiger partial charge in [-0.15, -0.1) is 0 Å². The molecule has 0 saturated carbocycles. The molecule has 0 spiro atoms. The largest absolute Gasteiger partial charge is 0.481 e. The molecule has 4 nitrogen and oxygen atoms in total. The Morgan fingerprint density at radius 2 is 1.54 bits per heavy atom. The van der Waals surface area contributed by atoms with Crippen LogP contribution in [0.4, 0.5) is 13.2 Å². The average molecular weight is 536 g/mol. The van der Waals surface area contributed by atoms with Crippen molar-refractivity contribution in [2.24, 2.45) is 0 Å². The Hall–Kier alpha value is -3.87. The number of carboxylic acids is 1. The van der Waals surface area contributed by atoms with Gasteiger partial charge in [-0.2, -0.15) is 13.2 Å². The zero-order valence-electron chi connectivity index (χ0n) is 21.9. The molecule has 39 heavy (non-hydrogen) atoms. The predicted octanol–water partition coefficient (Wildman–Crippen LogP) is 8.93. The number of carbonyl (C=O) groups is 2. The minimum Gasteiger partial charge on any atom is -0.481 e. The summed E-state index contributed by atoms with van der Waals surface area (Å²) in [5.74, 6) is -0.967. The number of fused-ring (bicyclic) bond motifs is 1. The highest BCUT2D eigenvalue weighted by Crippen LogP contribution is 2.34. The third-order valence-electron chi connectivity index (χ3n) is 7.09. The molecule has 0 aliphatic carbocycles. The lowest BCUT2D eigenvalue weighted by molar-refractivity contribution is -0.138. The maximum atomic E-state index is 13.0. The van der Waals surface area contributed by atoms with Gasteiger partial charge in [0.25, 0.3) is 0 Å². The first-order chi connectivity index (χ1) is 18.7. The van der Waals surface area contributed by atoms with E-state index in [-0.39, 0.29) is 24.7 Å². The zero-order chi connectivity index (χ0) is 28.0. The fourth-order valence-corrected chi connectivity index (χ4v) is 4.96. The van der Waals surface area contributed by atoms with Crippen LogP contribution in [0.3, 0.4) is 0 Å². The highest BCUT2D eigenvalue weighted by atomic mass is 19.4. The van der Waals surface area contributed by atoms with E-state index in [2.05, 4.69) is 11.5 Å². The zero-order valence-corrected chi connectivity index (χ0v) is 21.9. The SMILES string of the molecule is CCCCCC(c1ccc(C(=O)CCCC(=O)O)cc1)n1ccc2cc(-c3ccc(C(F)(F)F)cc3)ccc21. The number of aliphatic carboxylic acids is 1. The second kappa shape index (κ2) is 12.3. The van der Waals surface area contributed by atoms with Crippen molar-refractivity contribution in [1.29, 1.82) is 0 Å². The maximum Gasteiger partial charge on any atom is 0.416 e. The van der Waals surface area contributed by atoms with E-state index in [0.717, 1.165) is 65.4 Å². The summed E-state index contributed by atoms with van der Waals surface area (Å²) in [6.45, 7) is 2.16. The van der Waals surface area contributed by atoms with Crippen LogP contribution < -0.4 is 0 Å². The number of unbranched alkanes of at least 4 members (excludes halogenated alkanes) is 2. The molecule has 1 heterocycles. The van der Waals surface area contributed by atoms with Crippen LogP contribution in [0.25, 0.3) is 22.0 Å². The molecule has 3 aromatic carbocycles. The molecule has 1 aromatic heterocycles. The number of hydrogen-bond acceptors (Lipinski definition) is 2. The molecule has 204 valence electrons. The number of hydrogen-bond donors (Lipinski definition) is 1. The van der Waals surface area contributed by atoms with Crippen LogP contribution in [-0.2, 0) is 11.0 Å². The van der Waals surface area contributed by atoms with Gasteiger partial charge in [0, 0.05) is 35.5 Å². The van der Waals surface area contributed by atoms with Gasteiger partial charge < -0.3 is 9.67 Å². The van der Waals surface area contributed by atoms with Crippen molar-refractivity contribution in [3.8, 4) is 11.1 Å². The van der Waals surface area contributed by atoms with Crippen LogP contribution in [0, 0.1) is 0 Å². The number of ketones is 1. The Kier molecular flexibility index (Phi) is 8.90. The summed E-state index contributed by atoms with van der Waals surface area (Å²) >= 11 is 0. The number of carboxylic acid groups (broad SMARTS) is 1. The molecule has 0 radical (unpaired) electrons. The number of nitrogens with zero attached hydrogens (tertiary/aromatic N) is 1. The lowest BCUT2D eigenvalue weighted by Gasteiger charge is -2.21. The number of carbonyl (C=O) groups excluding carboxylic acids is 1. The minimum atomic E-state index is -4.36. The highest BCUT2D eigenvalue weighted by Gasteiger charge is 2.30. The molecule has 1 N–H and O–H groups in total. The van der Waals surface area contributed by atoms with Crippen molar-refractivity contribution < 1.29 is 27.9 Å². The first-order valence-electron chi connectivity index (χ1n) is 13.3. The van der Waals surface area contributed by atoms with Gasteiger partial charge >= 0.3 is 12.1 Å². The summed E-state index contributed by atoms with van der Waals surface area (Å²) in [5.41, 5.74) is 3.60. The fraction of sp³-hybridized carbons (Fsp3) is 0.312. The second-order valence-electron chi connectivity index (χ2n) is 9.88. The molecule has 0 saturated heterocycles. The van der Waals surface area contributed by atoms with Crippen molar-refractivity contribution in [3.05, 3.63) is 95.7 Å². The monoisotopic (exact) mass is 535 g/mol. The Morgan fingerprint density at radius 3 is 2.18 bits per heavy atom. The van der Waals surface area contributed by atoms with Crippen molar-refractivity contribution in [2.75, 3.05) is 0 Å². The summed E-state index contributed by atoms with van der Waals surface area (Å²) < 4.78 is 41.1. The molecular weight excluding hydrogens is 503 g/mol. The molecule has 0 aliphatic heterocycles. The molecule has 7 heteroatoms. The van der Waals surface area contributed by atoms with Gasteiger partial charge in [-0.05, 0) is 59.9 Å². The van der Waals surface area contributed by atoms with Gasteiger partial charge in [0.2, 0.25) is 0 Å². The van der Waals surface area contributed by atoms with Crippen LogP contribution >= 0.6 is 0 Å². The Bertz CT molecular complexity index is 1420. The van der Waals surface area contributed by atoms with Gasteiger partial charge in [-0.1, -0.05) is 68.7 Å². The Labute approximate surface area is 226 Å². The van der Waals surface area contributed by atoms with E-state index in [1.807, 2.05) is 54.7 Å². The quantitative estimate of drug-likeness (QED) is 0.146. The molecule has 4 aromatic rings. The van der Waals surface area contributed by atoms with Crippen LogP contribution in [0.1, 0.15) is 79.4 Å². The topological polar surface area (TPSA) is 59.3 Å². The molecule has 0 aliphatic rings. The van der Waals surface area contributed by atoms with Gasteiger partial charge in [0.15, 0.2) is 5.78 Å². The minimum absolute atomic E-state index is 0.0232. The van der Waals surface area contributed by atoms with E-state index in [4.69, 9.17) is 5.11 Å². The van der Waals surface area contributed by atoms with E-state index in [1.54, 1.807) is 0 Å². The van der Waals surface area contributed by atoms with Gasteiger partial charge in [0.05, 0.1) is 11.6 Å². The molecule has 0 fully saturated rings. The van der Waals surface area contributed by atoms with Gasteiger partial charge in [0.1, 0.15) is 0 Å². The smallest absolute Gasteiger partial charge is 0.416 e. The molecule has 0 amide bonds. The van der Waals surface area contributed by atoms with Crippen molar-refractivity contribution in [2.45, 2.75) is 64.1 Å². The first-order valence-corrected chi connectivity index (χ1v) is 13.3. The van der Waals surface area contributed by atoms with Gasteiger partial charge in [-0.25, -0.2) is 0 Å². The summed E-state index contributed by atoms with van der Waals surface area (Å²) in [4.78, 5) is 23.2. The summed E-state index contributed by atoms with van der Waals surface area (Å²) in [5, 5.41) is 9.81. The first kappa shape index (κ1) is 28.1. The lowest BCUT2D eigenvalue weighted by Crippen LogP contribution is -2.10. The Balaban J connectivity index is 1.59. The van der Waals surface area contributed by atoms with Crippen LogP contribution in [0.5, 0.6) is 0 Å². The van der Waals surface area contributed by atoms with Crippen molar-refractivity contribution >= 4 is 22.7 Å². The fourth-order valence-electron chi connectivity index (χ4n) is 4.96. The van der Waals surface area contributed by atoms with Crippen molar-refractivity contribution in [1.82, 2.24) is 4.57 Å². The van der Waals surface area contributed by atoms with E-state index < -0.39 is 17.7 Å². The molecule has 4 rings (SSSR count). The number of benzene rings is 3. The number of alkyl halides is 3. The summed E-state index contributed by atoms with van der Waals surface area (Å²) in [6, 6.07) is 20.8. The number of rotatable bonds is 12. The third-order valence-corrected chi connectivity index (χ3v) is 7.09. The standard InChI is InChI=1S/C32H32F3NO3/c1-2-3-4-6-28(23-9-11-24(12-10-23)30(37)7-5-8-31(38)39)36-20-19-26-21-25(15-18-29(26)36)22-13-16-27(17-14-22)32(33,34)35/h9-21,28H,2-8H2,1H3,(H,38,39). The van der Waals surface area contributed by atoms with E-state index in [0.29, 0.717) is 12.0 Å². The highest BCUT2D eigenvalue weighted by molar-refractivity contribution is 5.96. The molecule has 1 atom stereocenters. The van der Waals surface area contributed by atoms with E-state index in [1.165, 1.54) is 12.1 Å². The Morgan fingerprint density at radius 1 is 0.846 bits per heavy atom. The molecule has 0 bridgehead atoms. The van der Waals surface area contributed by atoms with Crippen LogP contribution in [0.15, 0.2) is 79.0 Å². The second-order valence-corrected chi connectivity index (χ2v) is 9.88. The molecular formula is C32H32F3NO3.